The molecule has 1 aromatic heterocycles. The molecule has 112 valence electrons. The molecule has 0 aliphatic carbocycles. The van der Waals surface area contributed by atoms with Crippen molar-refractivity contribution in [3.05, 3.63) is 52.5 Å². The third kappa shape index (κ3) is 3.28. The van der Waals surface area contributed by atoms with Gasteiger partial charge in [-0.15, -0.1) is 0 Å². The van der Waals surface area contributed by atoms with Crippen LogP contribution in [-0.2, 0) is 5.72 Å². The van der Waals surface area contributed by atoms with Crippen LogP contribution in [0.2, 0.25) is 10.0 Å². The number of rotatable bonds is 3. The Bertz CT molecular complexity index is 647. The van der Waals surface area contributed by atoms with E-state index in [0.717, 1.165) is 5.56 Å². The van der Waals surface area contributed by atoms with E-state index >= 15 is 0 Å². The fourth-order valence-electron chi connectivity index (χ4n) is 1.90. The van der Waals surface area contributed by atoms with Crippen LogP contribution in [-0.4, -0.2) is 19.9 Å². The zero-order valence-corrected chi connectivity index (χ0v) is 13.6. The van der Waals surface area contributed by atoms with Gasteiger partial charge in [0.1, 0.15) is 12.7 Å². The first-order chi connectivity index (χ1) is 9.74. The Morgan fingerprint density at radius 1 is 1.24 bits per heavy atom. The smallest absolute Gasteiger partial charge is 0.184 e. The van der Waals surface area contributed by atoms with E-state index in [2.05, 4.69) is 10.1 Å². The number of nitrogens with zero attached hydrogens (tertiary/aromatic N) is 3. The molecule has 1 heterocycles. The first-order valence-electron chi connectivity index (χ1n) is 6.46. The number of hydrogen-bond acceptors (Lipinski definition) is 3. The van der Waals surface area contributed by atoms with Gasteiger partial charge in [0.25, 0.3) is 0 Å². The van der Waals surface area contributed by atoms with Crippen LogP contribution in [0.4, 0.5) is 0 Å². The average Bonchev–Trinajstić information content (AvgIpc) is 2.90. The Morgan fingerprint density at radius 3 is 2.48 bits per heavy atom. The lowest BCUT2D eigenvalue weighted by molar-refractivity contribution is -0.0923. The highest BCUT2D eigenvalue weighted by Gasteiger charge is 2.40. The van der Waals surface area contributed by atoms with Crippen molar-refractivity contribution in [2.24, 2.45) is 5.41 Å². The van der Waals surface area contributed by atoms with Crippen LogP contribution in [0.3, 0.4) is 0 Å². The standard InChI is InChI=1S/C15H17Cl2N3O/c1-14(2,3)15(21,20-10-18-9-19-20)7-6-11-4-5-12(16)8-13(11)17/h4-10,21H,1-3H3/b7-6+. The molecule has 1 aromatic carbocycles. The molecular weight excluding hydrogens is 309 g/mol. The van der Waals surface area contributed by atoms with E-state index in [4.69, 9.17) is 23.2 Å². The summed E-state index contributed by atoms with van der Waals surface area (Å²) in [6.45, 7) is 5.76. The Balaban J connectivity index is 2.43. The predicted octanol–water partition coefficient (Wildman–Crippen LogP) is 3.99. The van der Waals surface area contributed by atoms with Crippen LogP contribution in [0.25, 0.3) is 6.08 Å². The molecule has 6 heteroatoms. The van der Waals surface area contributed by atoms with E-state index in [-0.39, 0.29) is 0 Å². The molecule has 0 spiro atoms. The molecular formula is C15H17Cl2N3O. The maximum Gasteiger partial charge on any atom is 0.184 e. The van der Waals surface area contributed by atoms with Gasteiger partial charge in [-0.2, -0.15) is 5.10 Å². The van der Waals surface area contributed by atoms with Gasteiger partial charge < -0.3 is 5.11 Å². The number of halogens is 2. The topological polar surface area (TPSA) is 50.9 Å². The van der Waals surface area contributed by atoms with Gasteiger partial charge in [0, 0.05) is 15.5 Å². The average molecular weight is 326 g/mol. The maximum atomic E-state index is 11.0. The molecule has 1 N–H and O–H groups in total. The molecule has 2 rings (SSSR count). The molecule has 1 atom stereocenters. The van der Waals surface area contributed by atoms with Crippen molar-refractivity contribution in [1.82, 2.24) is 14.8 Å². The van der Waals surface area contributed by atoms with Gasteiger partial charge in [-0.1, -0.05) is 56.1 Å². The number of aliphatic hydroxyl groups is 1. The van der Waals surface area contributed by atoms with E-state index in [1.165, 1.54) is 17.3 Å². The maximum absolute atomic E-state index is 11.0. The lowest BCUT2D eigenvalue weighted by Crippen LogP contribution is -2.44. The van der Waals surface area contributed by atoms with Crippen molar-refractivity contribution < 1.29 is 5.11 Å². The van der Waals surface area contributed by atoms with Gasteiger partial charge in [0.15, 0.2) is 5.72 Å². The predicted molar refractivity (Wildman–Crippen MR) is 85.2 cm³/mol. The number of hydrogen-bond donors (Lipinski definition) is 1. The summed E-state index contributed by atoms with van der Waals surface area (Å²) in [7, 11) is 0. The van der Waals surface area contributed by atoms with Crippen LogP contribution in [0, 0.1) is 5.41 Å². The summed E-state index contributed by atoms with van der Waals surface area (Å²) in [4.78, 5) is 3.90. The summed E-state index contributed by atoms with van der Waals surface area (Å²) in [5, 5.41) is 16.2. The van der Waals surface area contributed by atoms with Crippen molar-refractivity contribution in [1.29, 1.82) is 0 Å². The highest BCUT2D eigenvalue weighted by atomic mass is 35.5. The molecule has 4 nitrogen and oxygen atoms in total. The highest BCUT2D eigenvalue weighted by Crippen LogP contribution is 2.36. The van der Waals surface area contributed by atoms with Gasteiger partial charge in [0.05, 0.1) is 0 Å². The van der Waals surface area contributed by atoms with Crippen molar-refractivity contribution in [3.63, 3.8) is 0 Å². The zero-order valence-electron chi connectivity index (χ0n) is 12.1. The van der Waals surface area contributed by atoms with Gasteiger partial charge in [-0.25, -0.2) is 9.67 Å². The monoisotopic (exact) mass is 325 g/mol. The molecule has 0 bridgehead atoms. The largest absolute Gasteiger partial charge is 0.365 e. The molecule has 21 heavy (non-hydrogen) atoms. The molecule has 0 aliphatic rings. The van der Waals surface area contributed by atoms with Crippen molar-refractivity contribution in [2.75, 3.05) is 0 Å². The minimum Gasteiger partial charge on any atom is -0.365 e. The summed E-state index contributed by atoms with van der Waals surface area (Å²) in [6, 6.07) is 5.21. The molecule has 0 fully saturated rings. The van der Waals surface area contributed by atoms with Crippen LogP contribution in [0.15, 0.2) is 36.9 Å². The minimum atomic E-state index is -1.33. The van der Waals surface area contributed by atoms with E-state index in [1.54, 1.807) is 30.4 Å². The molecule has 1 unspecified atom stereocenters. The molecule has 2 aromatic rings. The second-order valence-electron chi connectivity index (χ2n) is 5.82. The van der Waals surface area contributed by atoms with Crippen molar-refractivity contribution in [3.8, 4) is 0 Å². The second-order valence-corrected chi connectivity index (χ2v) is 6.66. The van der Waals surface area contributed by atoms with Crippen LogP contribution >= 0.6 is 23.2 Å². The van der Waals surface area contributed by atoms with Gasteiger partial charge >= 0.3 is 0 Å². The summed E-state index contributed by atoms with van der Waals surface area (Å²) in [5.41, 5.74) is -1.05. The van der Waals surface area contributed by atoms with E-state index in [0.29, 0.717) is 10.0 Å². The summed E-state index contributed by atoms with van der Waals surface area (Å²) >= 11 is 12.0. The molecule has 0 saturated heterocycles. The lowest BCUT2D eigenvalue weighted by atomic mass is 9.82. The first kappa shape index (κ1) is 16.0. The zero-order chi connectivity index (χ0) is 15.7. The third-order valence-electron chi connectivity index (χ3n) is 3.33. The highest BCUT2D eigenvalue weighted by molar-refractivity contribution is 6.35. The third-order valence-corrected chi connectivity index (χ3v) is 3.89. The Hall–Kier alpha value is -1.36. The molecule has 0 amide bonds. The van der Waals surface area contributed by atoms with Gasteiger partial charge in [-0.3, -0.25) is 0 Å². The summed E-state index contributed by atoms with van der Waals surface area (Å²) in [6.07, 6.45) is 6.29. The fraction of sp³-hybridized carbons (Fsp3) is 0.333. The van der Waals surface area contributed by atoms with Gasteiger partial charge in [-0.05, 0) is 23.8 Å². The van der Waals surface area contributed by atoms with Crippen LogP contribution in [0.1, 0.15) is 26.3 Å². The number of aromatic nitrogens is 3. The van der Waals surface area contributed by atoms with Crippen LogP contribution < -0.4 is 0 Å². The first-order valence-corrected chi connectivity index (χ1v) is 7.21. The number of benzene rings is 1. The van der Waals surface area contributed by atoms with Crippen molar-refractivity contribution in [2.45, 2.75) is 26.5 Å². The molecule has 0 saturated carbocycles. The Morgan fingerprint density at radius 2 is 1.95 bits per heavy atom. The second kappa shape index (κ2) is 5.79. The van der Waals surface area contributed by atoms with E-state index < -0.39 is 11.1 Å². The molecule has 0 radical (unpaired) electrons. The van der Waals surface area contributed by atoms with Gasteiger partial charge in [0.2, 0.25) is 0 Å². The van der Waals surface area contributed by atoms with Crippen LogP contribution in [0.5, 0.6) is 0 Å². The summed E-state index contributed by atoms with van der Waals surface area (Å²) in [5.74, 6) is 0. The summed E-state index contributed by atoms with van der Waals surface area (Å²) < 4.78 is 1.42. The Labute approximate surface area is 134 Å². The van der Waals surface area contributed by atoms with E-state index in [9.17, 15) is 5.11 Å². The SMILES string of the molecule is CC(C)(C)C(O)(/C=C/c1ccc(Cl)cc1Cl)n1cncn1. The quantitative estimate of drug-likeness (QED) is 0.928. The van der Waals surface area contributed by atoms with E-state index in [1.807, 2.05) is 20.8 Å². The minimum absolute atomic E-state index is 0.490. The molecule has 0 aliphatic heterocycles. The van der Waals surface area contributed by atoms with Crippen molar-refractivity contribution >= 4 is 29.3 Å². The fourth-order valence-corrected chi connectivity index (χ4v) is 2.37. The Kier molecular flexibility index (Phi) is 4.42. The normalized spacial score (nSPS) is 15.3. The lowest BCUT2D eigenvalue weighted by Gasteiger charge is -2.37.